The zero-order valence-electron chi connectivity index (χ0n) is 13.4. The Balaban J connectivity index is 2.35. The van der Waals surface area contributed by atoms with Crippen LogP contribution in [0.2, 0.25) is 0 Å². The van der Waals surface area contributed by atoms with E-state index in [-0.39, 0.29) is 23.2 Å². The maximum absolute atomic E-state index is 12.0. The average molecular weight is 319 g/mol. The highest BCUT2D eigenvalue weighted by atomic mass is 32.2. The predicted octanol–water partition coefficient (Wildman–Crippen LogP) is 0.824. The van der Waals surface area contributed by atoms with Gasteiger partial charge in [0.05, 0.1) is 5.75 Å². The highest BCUT2D eigenvalue weighted by Gasteiger charge is 2.28. The van der Waals surface area contributed by atoms with Crippen LogP contribution in [0.1, 0.15) is 52.9 Å². The van der Waals surface area contributed by atoms with Gasteiger partial charge in [0, 0.05) is 31.1 Å². The number of hydrogen-bond donors (Lipinski definition) is 2. The van der Waals surface area contributed by atoms with E-state index in [1.165, 1.54) is 0 Å². The summed E-state index contributed by atoms with van der Waals surface area (Å²) >= 11 is 0. The third-order valence-corrected chi connectivity index (χ3v) is 5.75. The lowest BCUT2D eigenvalue weighted by Crippen LogP contribution is -2.47. The van der Waals surface area contributed by atoms with Gasteiger partial charge in [-0.05, 0) is 39.5 Å². The number of nitrogens with two attached hydrogens (primary N) is 1. The summed E-state index contributed by atoms with van der Waals surface area (Å²) in [6.45, 7) is 6.66. The molecule has 0 spiro atoms. The third kappa shape index (κ3) is 6.76. The number of carbonyl (C=O) groups excluding carboxylic acids is 1. The van der Waals surface area contributed by atoms with Gasteiger partial charge in [-0.3, -0.25) is 4.79 Å². The Morgan fingerprint density at radius 2 is 1.90 bits per heavy atom. The van der Waals surface area contributed by atoms with E-state index < -0.39 is 10.0 Å². The van der Waals surface area contributed by atoms with Crippen LogP contribution in [0.4, 0.5) is 0 Å². The fourth-order valence-electron chi connectivity index (χ4n) is 2.40. The van der Waals surface area contributed by atoms with Crippen LogP contribution in [0.3, 0.4) is 0 Å². The molecule has 1 saturated heterocycles. The molecule has 0 saturated carbocycles. The molecular weight excluding hydrogens is 290 g/mol. The lowest BCUT2D eigenvalue weighted by molar-refractivity contribution is -0.122. The van der Waals surface area contributed by atoms with Gasteiger partial charge in [-0.2, -0.15) is 0 Å². The number of sulfonamides is 1. The summed E-state index contributed by atoms with van der Waals surface area (Å²) in [5, 5.41) is 2.98. The monoisotopic (exact) mass is 319 g/mol. The van der Waals surface area contributed by atoms with Gasteiger partial charge in [-0.15, -0.1) is 0 Å². The smallest absolute Gasteiger partial charge is 0.220 e. The summed E-state index contributed by atoms with van der Waals surface area (Å²) in [6, 6.07) is 0.0754. The van der Waals surface area contributed by atoms with Gasteiger partial charge in [-0.1, -0.05) is 6.92 Å². The molecule has 1 rings (SSSR count). The minimum Gasteiger partial charge on any atom is -0.353 e. The molecular formula is C14H29N3O3S. The Hall–Kier alpha value is -0.660. The summed E-state index contributed by atoms with van der Waals surface area (Å²) in [5.41, 5.74) is 5.52. The highest BCUT2D eigenvalue weighted by Crippen LogP contribution is 2.15. The lowest BCUT2D eigenvalue weighted by atomic mass is 9.99. The summed E-state index contributed by atoms with van der Waals surface area (Å²) in [4.78, 5) is 11.8. The van der Waals surface area contributed by atoms with Gasteiger partial charge >= 0.3 is 0 Å². The maximum atomic E-state index is 12.0. The number of hydrogen-bond acceptors (Lipinski definition) is 4. The van der Waals surface area contributed by atoms with E-state index in [0.717, 1.165) is 0 Å². The van der Waals surface area contributed by atoms with Gasteiger partial charge < -0.3 is 11.1 Å². The Bertz CT molecular complexity index is 435. The first-order valence-electron chi connectivity index (χ1n) is 7.70. The molecule has 1 amide bonds. The van der Waals surface area contributed by atoms with Crippen LogP contribution in [0.25, 0.3) is 0 Å². The molecule has 124 valence electrons. The zero-order valence-corrected chi connectivity index (χ0v) is 14.2. The van der Waals surface area contributed by atoms with Crippen molar-refractivity contribution in [2.45, 2.75) is 64.5 Å². The Morgan fingerprint density at radius 1 is 1.33 bits per heavy atom. The van der Waals surface area contributed by atoms with E-state index in [1.54, 1.807) is 4.31 Å². The second-order valence-electron chi connectivity index (χ2n) is 6.55. The van der Waals surface area contributed by atoms with Crippen LogP contribution in [0, 0.1) is 0 Å². The first-order valence-corrected chi connectivity index (χ1v) is 9.31. The quantitative estimate of drug-likeness (QED) is 0.727. The second-order valence-corrected chi connectivity index (χ2v) is 8.63. The minimum absolute atomic E-state index is 0.00314. The molecule has 21 heavy (non-hydrogen) atoms. The lowest BCUT2D eigenvalue weighted by Gasteiger charge is -2.31. The molecule has 0 atom stereocenters. The summed E-state index contributed by atoms with van der Waals surface area (Å²) in [7, 11) is -3.11. The molecule has 6 nitrogen and oxygen atoms in total. The van der Waals surface area contributed by atoms with Crippen LogP contribution in [-0.2, 0) is 14.8 Å². The molecule has 0 bridgehead atoms. The SMILES string of the molecule is CCCS(=O)(=O)N1CCC(NC(=O)CCC(C)(C)N)CC1. The van der Waals surface area contributed by atoms with Crippen LogP contribution in [-0.4, -0.2) is 49.1 Å². The number of nitrogens with zero attached hydrogens (tertiary/aromatic N) is 1. The molecule has 0 aliphatic carbocycles. The van der Waals surface area contributed by atoms with Crippen molar-refractivity contribution in [1.29, 1.82) is 0 Å². The molecule has 1 aliphatic heterocycles. The van der Waals surface area contributed by atoms with Crippen molar-refractivity contribution in [2.24, 2.45) is 5.73 Å². The van der Waals surface area contributed by atoms with Crippen molar-refractivity contribution in [3.63, 3.8) is 0 Å². The first-order chi connectivity index (χ1) is 9.64. The zero-order chi connectivity index (χ0) is 16.1. The Kier molecular flexibility index (Phi) is 6.62. The molecule has 0 unspecified atom stereocenters. The number of nitrogens with one attached hydrogen (secondary N) is 1. The van der Waals surface area contributed by atoms with Crippen molar-refractivity contribution in [1.82, 2.24) is 9.62 Å². The number of piperidine rings is 1. The molecule has 3 N–H and O–H groups in total. The fraction of sp³-hybridized carbons (Fsp3) is 0.929. The average Bonchev–Trinajstić information content (AvgIpc) is 2.36. The third-order valence-electron chi connectivity index (χ3n) is 3.67. The fourth-order valence-corrected chi connectivity index (χ4v) is 3.94. The van der Waals surface area contributed by atoms with Gasteiger partial charge in [0.15, 0.2) is 0 Å². The molecule has 1 heterocycles. The van der Waals surface area contributed by atoms with Crippen molar-refractivity contribution in [2.75, 3.05) is 18.8 Å². The van der Waals surface area contributed by atoms with Crippen LogP contribution < -0.4 is 11.1 Å². The number of carbonyl (C=O) groups is 1. The van der Waals surface area contributed by atoms with E-state index in [9.17, 15) is 13.2 Å². The molecule has 0 aromatic carbocycles. The molecule has 0 aromatic heterocycles. The molecule has 0 radical (unpaired) electrons. The first kappa shape index (κ1) is 18.4. The second kappa shape index (κ2) is 7.56. The van der Waals surface area contributed by atoms with Gasteiger partial charge in [0.2, 0.25) is 15.9 Å². The molecule has 0 aromatic rings. The standard InChI is InChI=1S/C14H29N3O3S/c1-4-11-21(19,20)17-9-6-12(7-10-17)16-13(18)5-8-14(2,3)15/h12H,4-11,15H2,1-3H3,(H,16,18). The van der Waals surface area contributed by atoms with Crippen molar-refractivity contribution in [3.05, 3.63) is 0 Å². The Labute approximate surface area is 128 Å². The molecule has 1 aliphatic rings. The number of amides is 1. The van der Waals surface area contributed by atoms with Crippen LogP contribution >= 0.6 is 0 Å². The number of rotatable bonds is 7. The normalized spacial score (nSPS) is 18.7. The van der Waals surface area contributed by atoms with Gasteiger partial charge in [0.1, 0.15) is 0 Å². The molecule has 1 fully saturated rings. The summed E-state index contributed by atoms with van der Waals surface area (Å²) < 4.78 is 25.4. The maximum Gasteiger partial charge on any atom is 0.220 e. The van der Waals surface area contributed by atoms with E-state index in [0.29, 0.717) is 45.2 Å². The largest absolute Gasteiger partial charge is 0.353 e. The van der Waals surface area contributed by atoms with E-state index in [4.69, 9.17) is 5.73 Å². The highest BCUT2D eigenvalue weighted by molar-refractivity contribution is 7.89. The molecule has 7 heteroatoms. The Morgan fingerprint density at radius 3 is 2.38 bits per heavy atom. The minimum atomic E-state index is -3.11. The van der Waals surface area contributed by atoms with E-state index in [2.05, 4.69) is 5.32 Å². The van der Waals surface area contributed by atoms with E-state index >= 15 is 0 Å². The topological polar surface area (TPSA) is 92.5 Å². The van der Waals surface area contributed by atoms with Gasteiger partial charge in [0.25, 0.3) is 0 Å². The predicted molar refractivity (Wildman–Crippen MR) is 84.3 cm³/mol. The van der Waals surface area contributed by atoms with Gasteiger partial charge in [-0.25, -0.2) is 12.7 Å². The van der Waals surface area contributed by atoms with Crippen molar-refractivity contribution < 1.29 is 13.2 Å². The van der Waals surface area contributed by atoms with Crippen molar-refractivity contribution >= 4 is 15.9 Å². The van der Waals surface area contributed by atoms with Crippen LogP contribution in [0.15, 0.2) is 0 Å². The van der Waals surface area contributed by atoms with Crippen LogP contribution in [0.5, 0.6) is 0 Å². The summed E-state index contributed by atoms with van der Waals surface area (Å²) in [6.07, 6.45) is 3.05. The van der Waals surface area contributed by atoms with E-state index in [1.807, 2.05) is 20.8 Å². The summed E-state index contributed by atoms with van der Waals surface area (Å²) in [5.74, 6) is 0.207. The van der Waals surface area contributed by atoms with Crippen molar-refractivity contribution in [3.8, 4) is 0 Å².